The van der Waals surface area contributed by atoms with Gasteiger partial charge in [-0.3, -0.25) is 0 Å². The number of aliphatic hydroxyl groups excluding tert-OH is 1. The average molecular weight is 1410 g/mol. The highest BCUT2D eigenvalue weighted by molar-refractivity contribution is 5.98. The third kappa shape index (κ3) is 19.0. The maximum absolute atomic E-state index is 13.6. The summed E-state index contributed by atoms with van der Waals surface area (Å²) in [6.45, 7) is 19.6. The van der Waals surface area contributed by atoms with Gasteiger partial charge in [-0.2, -0.15) is 0 Å². The van der Waals surface area contributed by atoms with E-state index >= 15 is 0 Å². The Hall–Kier alpha value is -10.6. The molecule has 4 N–H and O–H groups in total. The van der Waals surface area contributed by atoms with Gasteiger partial charge in [-0.1, -0.05) is 48.5 Å². The number of benzene rings is 8. The summed E-state index contributed by atoms with van der Waals surface area (Å²) in [7, 11) is 3.27. The molecular formula is C80H88N2O21. The van der Waals surface area contributed by atoms with Crippen LogP contribution in [-0.2, 0) is 62.3 Å². The molecule has 4 heterocycles. The summed E-state index contributed by atoms with van der Waals surface area (Å²) in [5.74, 6) is 4.70. The summed E-state index contributed by atoms with van der Waals surface area (Å²) < 4.78 is 85.2. The first-order chi connectivity index (χ1) is 49.5. The predicted octanol–water partition coefficient (Wildman–Crippen LogP) is 13.5. The molecule has 23 nitrogen and oxygen atoms in total. The number of fused-ring (bicyclic) bond motifs is 12. The molecule has 0 saturated heterocycles. The lowest BCUT2D eigenvalue weighted by Crippen LogP contribution is -2.34. The number of aryl methyl sites for hydroxylation is 2. The second-order valence-electron chi connectivity index (χ2n) is 26.3. The van der Waals surface area contributed by atoms with E-state index in [-0.39, 0.29) is 19.0 Å². The van der Waals surface area contributed by atoms with Gasteiger partial charge < -0.3 is 91.9 Å². The molecule has 0 bridgehead atoms. The Kier molecular flexibility index (Phi) is 24.8. The van der Waals surface area contributed by atoms with Crippen molar-refractivity contribution in [3.8, 4) is 57.5 Å². The van der Waals surface area contributed by atoms with Crippen LogP contribution in [0.15, 0.2) is 158 Å². The third-order valence-corrected chi connectivity index (χ3v) is 16.3. The van der Waals surface area contributed by atoms with Crippen LogP contribution in [0, 0.1) is 13.8 Å². The number of phenols is 1. The van der Waals surface area contributed by atoms with Gasteiger partial charge in [0.05, 0.1) is 84.8 Å². The molecule has 2 unspecified atom stereocenters. The van der Waals surface area contributed by atoms with Crippen LogP contribution in [0.3, 0.4) is 0 Å². The largest absolute Gasteiger partial charge is 0.508 e. The zero-order valence-electron chi connectivity index (χ0n) is 59.6. The highest BCUT2D eigenvalue weighted by atomic mass is 16.6. The highest BCUT2D eigenvalue weighted by Crippen LogP contribution is 2.59. The van der Waals surface area contributed by atoms with E-state index in [9.17, 15) is 24.3 Å². The fourth-order valence-corrected chi connectivity index (χ4v) is 11.7. The van der Waals surface area contributed by atoms with E-state index in [2.05, 4.69) is 10.6 Å². The number of esters is 2. The molecule has 103 heavy (non-hydrogen) atoms. The Balaban J connectivity index is 0.000000188. The maximum Gasteiger partial charge on any atom is 0.407 e. The predicted molar refractivity (Wildman–Crippen MR) is 380 cm³/mol. The first-order valence-corrected chi connectivity index (χ1v) is 33.8. The van der Waals surface area contributed by atoms with Crippen LogP contribution in [-0.4, -0.2) is 139 Å². The number of hydrogen-bond acceptors (Lipinski definition) is 21. The standard InChI is InChI=1S/C40H43NO10.C29H22O6.C11H23NO5/c1-26-6-13-33-35(22-26)49-36-24-30(48-25-27-7-9-28(44-5)10-8-27)12-15-34(36)40(33)32-14-11-29(23-31(32)37(42)50-40)47-21-20-46-19-18-45-17-16-41-38(43)51-39(2,3)4;1-17-3-10-24-26(13-17)34-27-15-21(33-16-18-4-7-20(32-2)8-5-18)9-12-25(27)29(24)23-11-6-19(30)14-22(23)28(31)35-29;1-11(2,3)17-10(14)12-4-6-15-8-9-16-7-5-13/h6-15,22-24H,16-21,25H2,1-5H3,(H,41,43);3-15,30H,16H2,1-2H3;13H,4-9H2,1-3H3,(H,12,14). The van der Waals surface area contributed by atoms with Gasteiger partial charge >= 0.3 is 24.1 Å². The van der Waals surface area contributed by atoms with Crippen molar-refractivity contribution in [2.75, 3.05) is 93.4 Å². The molecule has 8 aromatic carbocycles. The van der Waals surface area contributed by atoms with E-state index < -0.39 is 46.5 Å². The second kappa shape index (κ2) is 33.9. The van der Waals surface area contributed by atoms with Gasteiger partial charge in [0.1, 0.15) is 88.5 Å². The zero-order valence-corrected chi connectivity index (χ0v) is 59.6. The number of aromatic hydroxyl groups is 1. The molecule has 0 fully saturated rings. The van der Waals surface area contributed by atoms with E-state index in [0.717, 1.165) is 44.9 Å². The fourth-order valence-electron chi connectivity index (χ4n) is 11.7. The van der Waals surface area contributed by atoms with Gasteiger partial charge in [-0.15, -0.1) is 0 Å². The third-order valence-electron chi connectivity index (χ3n) is 16.3. The highest BCUT2D eigenvalue weighted by Gasteiger charge is 2.55. The first-order valence-electron chi connectivity index (χ1n) is 33.8. The van der Waals surface area contributed by atoms with Gasteiger partial charge in [-0.05, 0) is 175 Å². The van der Waals surface area contributed by atoms with Crippen molar-refractivity contribution in [2.24, 2.45) is 0 Å². The molecule has 4 aliphatic heterocycles. The van der Waals surface area contributed by atoms with Crippen LogP contribution in [0.2, 0.25) is 0 Å². The lowest BCUT2D eigenvalue weighted by molar-refractivity contribution is 0.0214. The zero-order chi connectivity index (χ0) is 73.3. The fraction of sp³-hybridized carbons (Fsp3) is 0.350. The topological polar surface area (TPSA) is 271 Å². The summed E-state index contributed by atoms with van der Waals surface area (Å²) >= 11 is 0. The van der Waals surface area contributed by atoms with Gasteiger partial charge in [0.15, 0.2) is 11.2 Å². The molecule has 4 aliphatic rings. The van der Waals surface area contributed by atoms with Gasteiger partial charge in [0.2, 0.25) is 0 Å². The minimum atomic E-state index is -1.21. The lowest BCUT2D eigenvalue weighted by atomic mass is 9.77. The molecular weight excluding hydrogens is 1320 g/mol. The van der Waals surface area contributed by atoms with Crippen molar-refractivity contribution in [3.63, 3.8) is 0 Å². The van der Waals surface area contributed by atoms with E-state index in [4.69, 9.17) is 76.2 Å². The molecule has 0 radical (unpaired) electrons. The van der Waals surface area contributed by atoms with Crippen LogP contribution < -0.4 is 43.8 Å². The van der Waals surface area contributed by atoms with Crippen LogP contribution in [0.4, 0.5) is 9.59 Å². The number of carbonyl (C=O) groups is 4. The van der Waals surface area contributed by atoms with Crippen molar-refractivity contribution in [1.29, 1.82) is 0 Å². The smallest absolute Gasteiger partial charge is 0.407 e. The number of ether oxygens (including phenoxy) is 15. The van der Waals surface area contributed by atoms with Gasteiger partial charge in [0.25, 0.3) is 0 Å². The molecule has 2 amide bonds. The maximum atomic E-state index is 13.6. The summed E-state index contributed by atoms with van der Waals surface area (Å²) in [4.78, 5) is 49.4. The monoisotopic (exact) mass is 1410 g/mol. The number of amides is 2. The summed E-state index contributed by atoms with van der Waals surface area (Å²) in [5, 5.41) is 23.6. The number of hydrogen-bond donors (Lipinski definition) is 4. The normalized spacial score (nSPS) is 15.4. The number of nitrogens with one attached hydrogen (secondary N) is 2. The minimum absolute atomic E-state index is 0.0106. The van der Waals surface area contributed by atoms with Crippen molar-refractivity contribution in [1.82, 2.24) is 10.6 Å². The number of methoxy groups -OCH3 is 2. The van der Waals surface area contributed by atoms with Crippen LogP contribution >= 0.6 is 0 Å². The Bertz CT molecular complexity index is 4260. The Labute approximate surface area is 599 Å². The Morgan fingerprint density at radius 2 is 0.777 bits per heavy atom. The van der Waals surface area contributed by atoms with Crippen LogP contribution in [0.1, 0.15) is 118 Å². The molecule has 8 aromatic rings. The van der Waals surface area contributed by atoms with Crippen LogP contribution in [0.25, 0.3) is 0 Å². The Morgan fingerprint density at radius 1 is 0.417 bits per heavy atom. The SMILES string of the molecule is CC(C)(C)OC(=O)NCCOCCOCCO.COc1ccc(COc2ccc3c(c2)Oc2cc(C)ccc2C32OC(=O)c3cc(O)ccc32)cc1.COc1ccc(COc2ccc3c(c2)Oc2cc(C)ccc2C32OC(=O)c3cc(OCCOCCOCCNC(=O)OC(C)(C)C)ccc32)cc1. The molecule has 23 heteroatoms. The molecule has 0 aromatic heterocycles. The number of carbonyl (C=O) groups excluding carboxylic acids is 4. The van der Waals surface area contributed by atoms with Crippen molar-refractivity contribution in [3.05, 3.63) is 224 Å². The van der Waals surface area contributed by atoms with E-state index in [1.165, 1.54) is 6.07 Å². The number of aliphatic hydroxyl groups is 1. The summed E-state index contributed by atoms with van der Waals surface area (Å²) in [6.07, 6.45) is -0.925. The Morgan fingerprint density at radius 3 is 1.20 bits per heavy atom. The van der Waals surface area contributed by atoms with E-state index in [0.29, 0.717) is 153 Å². The number of rotatable bonds is 26. The lowest BCUT2D eigenvalue weighted by Gasteiger charge is -2.36. The molecule has 544 valence electrons. The molecule has 0 saturated carbocycles. The summed E-state index contributed by atoms with van der Waals surface area (Å²) in [5.41, 5.74) is 5.61. The molecule has 0 aliphatic carbocycles. The van der Waals surface area contributed by atoms with E-state index in [1.54, 1.807) is 32.4 Å². The molecule has 2 spiro atoms. The van der Waals surface area contributed by atoms with Gasteiger partial charge in [-0.25, -0.2) is 19.2 Å². The second-order valence-corrected chi connectivity index (χ2v) is 26.3. The minimum Gasteiger partial charge on any atom is -0.508 e. The quantitative estimate of drug-likeness (QED) is 0.0223. The molecule has 2 atom stereocenters. The van der Waals surface area contributed by atoms with Crippen molar-refractivity contribution < 1.29 is 100 Å². The molecule has 12 rings (SSSR count). The van der Waals surface area contributed by atoms with Crippen molar-refractivity contribution >= 4 is 24.1 Å². The van der Waals surface area contributed by atoms with Gasteiger partial charge in [0, 0.05) is 58.6 Å². The van der Waals surface area contributed by atoms with Crippen molar-refractivity contribution in [2.45, 2.75) is 91.0 Å². The van der Waals surface area contributed by atoms with E-state index in [1.807, 2.05) is 189 Å². The number of alkyl carbamates (subject to hydrolysis) is 2. The number of phenolic OH excluding ortho intramolecular Hbond substituents is 1. The average Bonchev–Trinajstić information content (AvgIpc) is 1.63. The van der Waals surface area contributed by atoms with Crippen LogP contribution in [0.5, 0.6) is 57.5 Å². The first kappa shape index (κ1) is 75.1. The summed E-state index contributed by atoms with van der Waals surface area (Å²) in [6, 6.07) is 48.4.